The van der Waals surface area contributed by atoms with Gasteiger partial charge >= 0.3 is 0 Å². The van der Waals surface area contributed by atoms with Crippen LogP contribution in [-0.2, 0) is 9.53 Å². The van der Waals surface area contributed by atoms with Crippen LogP contribution in [0, 0.1) is 11.7 Å². The summed E-state index contributed by atoms with van der Waals surface area (Å²) in [4.78, 5) is 27.7. The molecule has 1 aliphatic heterocycles. The summed E-state index contributed by atoms with van der Waals surface area (Å²) in [6, 6.07) is 11.3. The molecular formula is C24H29FN2O5. The van der Waals surface area contributed by atoms with Crippen LogP contribution in [0.5, 0.6) is 11.5 Å². The molecule has 1 aliphatic rings. The number of nitrogens with zero attached hydrogens (tertiary/aromatic N) is 1. The van der Waals surface area contributed by atoms with Gasteiger partial charge in [-0.05, 0) is 36.8 Å². The minimum Gasteiger partial charge on any atom is -0.497 e. The van der Waals surface area contributed by atoms with Gasteiger partial charge in [0.05, 0.1) is 25.7 Å². The number of methoxy groups -OCH3 is 3. The van der Waals surface area contributed by atoms with Gasteiger partial charge in [0, 0.05) is 44.8 Å². The molecular weight excluding hydrogens is 415 g/mol. The zero-order valence-electron chi connectivity index (χ0n) is 18.6. The van der Waals surface area contributed by atoms with Crippen molar-refractivity contribution in [2.24, 2.45) is 5.92 Å². The summed E-state index contributed by atoms with van der Waals surface area (Å²) >= 11 is 0. The van der Waals surface area contributed by atoms with Crippen LogP contribution in [0.15, 0.2) is 42.5 Å². The first kappa shape index (κ1) is 23.5. The third-order valence-electron chi connectivity index (χ3n) is 5.71. The molecule has 0 bridgehead atoms. The molecule has 0 aromatic heterocycles. The average Bonchev–Trinajstić information content (AvgIpc) is 3.26. The zero-order chi connectivity index (χ0) is 23.1. The van der Waals surface area contributed by atoms with Gasteiger partial charge in [0.25, 0.3) is 5.91 Å². The number of benzene rings is 2. The van der Waals surface area contributed by atoms with Gasteiger partial charge in [-0.3, -0.25) is 9.59 Å². The van der Waals surface area contributed by atoms with Crippen LogP contribution in [0.25, 0.3) is 0 Å². The fourth-order valence-corrected chi connectivity index (χ4v) is 4.04. The van der Waals surface area contributed by atoms with Crippen molar-refractivity contribution in [3.05, 3.63) is 59.4 Å². The molecule has 0 spiro atoms. The van der Waals surface area contributed by atoms with Crippen LogP contribution in [0.3, 0.4) is 0 Å². The Labute approximate surface area is 187 Å². The Morgan fingerprint density at radius 3 is 2.56 bits per heavy atom. The van der Waals surface area contributed by atoms with Crippen LogP contribution >= 0.6 is 0 Å². The number of nitrogens with one attached hydrogen (secondary N) is 1. The van der Waals surface area contributed by atoms with E-state index in [0.29, 0.717) is 31.1 Å². The lowest BCUT2D eigenvalue weighted by molar-refractivity contribution is -0.125. The van der Waals surface area contributed by atoms with Gasteiger partial charge in [-0.1, -0.05) is 12.1 Å². The molecule has 1 heterocycles. The third-order valence-corrected chi connectivity index (χ3v) is 5.71. The van der Waals surface area contributed by atoms with E-state index < -0.39 is 17.6 Å². The Morgan fingerprint density at radius 1 is 1.09 bits per heavy atom. The van der Waals surface area contributed by atoms with Gasteiger partial charge in [-0.25, -0.2) is 4.39 Å². The number of hydrogen-bond acceptors (Lipinski definition) is 5. The molecule has 0 unspecified atom stereocenters. The van der Waals surface area contributed by atoms with Crippen molar-refractivity contribution in [3.8, 4) is 11.5 Å². The summed E-state index contributed by atoms with van der Waals surface area (Å²) in [7, 11) is 4.73. The number of likely N-dealkylation sites (tertiary alicyclic amines) is 1. The Morgan fingerprint density at radius 2 is 1.88 bits per heavy atom. The lowest BCUT2D eigenvalue weighted by Crippen LogP contribution is -2.36. The van der Waals surface area contributed by atoms with Crippen molar-refractivity contribution in [3.63, 3.8) is 0 Å². The predicted octanol–water partition coefficient (Wildman–Crippen LogP) is 2.85. The SMILES string of the molecule is COCCCNC(=O)[C@@H]1CN(C(=O)c2ccccc2F)C[C@@H]1c1cc(OC)ccc1OC. The number of amides is 2. The molecule has 0 radical (unpaired) electrons. The minimum absolute atomic E-state index is 0.00925. The highest BCUT2D eigenvalue weighted by molar-refractivity contribution is 5.95. The summed E-state index contributed by atoms with van der Waals surface area (Å²) in [6.07, 6.45) is 0.681. The molecule has 8 heteroatoms. The van der Waals surface area contributed by atoms with Crippen molar-refractivity contribution in [2.75, 3.05) is 47.6 Å². The molecule has 172 valence electrons. The zero-order valence-corrected chi connectivity index (χ0v) is 18.6. The fourth-order valence-electron chi connectivity index (χ4n) is 4.04. The molecule has 0 saturated carbocycles. The van der Waals surface area contributed by atoms with E-state index in [2.05, 4.69) is 5.32 Å². The molecule has 1 N–H and O–H groups in total. The first-order chi connectivity index (χ1) is 15.5. The lowest BCUT2D eigenvalue weighted by Gasteiger charge is -2.21. The average molecular weight is 445 g/mol. The monoisotopic (exact) mass is 444 g/mol. The summed E-state index contributed by atoms with van der Waals surface area (Å²) < 4.78 is 30.2. The van der Waals surface area contributed by atoms with Crippen LogP contribution < -0.4 is 14.8 Å². The predicted molar refractivity (Wildman–Crippen MR) is 118 cm³/mol. The highest BCUT2D eigenvalue weighted by Crippen LogP contribution is 2.40. The van der Waals surface area contributed by atoms with E-state index in [9.17, 15) is 14.0 Å². The van der Waals surface area contributed by atoms with Gasteiger partial charge in [0.1, 0.15) is 17.3 Å². The molecule has 2 atom stereocenters. The molecule has 2 aromatic carbocycles. The van der Waals surface area contributed by atoms with Crippen molar-refractivity contribution >= 4 is 11.8 Å². The van der Waals surface area contributed by atoms with Gasteiger partial charge < -0.3 is 24.4 Å². The molecule has 32 heavy (non-hydrogen) atoms. The molecule has 1 saturated heterocycles. The Kier molecular flexibility index (Phi) is 8.05. The first-order valence-corrected chi connectivity index (χ1v) is 10.5. The van der Waals surface area contributed by atoms with E-state index in [4.69, 9.17) is 14.2 Å². The number of carbonyl (C=O) groups excluding carboxylic acids is 2. The quantitative estimate of drug-likeness (QED) is 0.602. The highest BCUT2D eigenvalue weighted by atomic mass is 19.1. The third kappa shape index (κ3) is 5.19. The van der Waals surface area contributed by atoms with E-state index in [-0.39, 0.29) is 30.5 Å². The maximum absolute atomic E-state index is 14.3. The maximum atomic E-state index is 14.3. The van der Waals surface area contributed by atoms with Gasteiger partial charge in [-0.15, -0.1) is 0 Å². The maximum Gasteiger partial charge on any atom is 0.256 e. The van der Waals surface area contributed by atoms with Crippen molar-refractivity contribution < 1.29 is 28.2 Å². The number of rotatable bonds is 9. The van der Waals surface area contributed by atoms with Crippen molar-refractivity contribution in [2.45, 2.75) is 12.3 Å². The van der Waals surface area contributed by atoms with E-state index in [0.717, 1.165) is 5.56 Å². The number of ether oxygens (including phenoxy) is 3. The number of carbonyl (C=O) groups is 2. The second kappa shape index (κ2) is 10.9. The molecule has 3 rings (SSSR count). The second-order valence-electron chi connectivity index (χ2n) is 7.65. The molecule has 2 aromatic rings. The van der Waals surface area contributed by atoms with Crippen LogP contribution in [-0.4, -0.2) is 64.3 Å². The van der Waals surface area contributed by atoms with E-state index in [1.165, 1.54) is 23.1 Å². The first-order valence-electron chi connectivity index (χ1n) is 10.5. The molecule has 1 fully saturated rings. The minimum atomic E-state index is -0.583. The number of hydrogen-bond donors (Lipinski definition) is 1. The lowest BCUT2D eigenvalue weighted by atomic mass is 9.87. The molecule has 2 amide bonds. The summed E-state index contributed by atoms with van der Waals surface area (Å²) in [5.74, 6) is -0.815. The van der Waals surface area contributed by atoms with E-state index in [1.807, 2.05) is 6.07 Å². The smallest absolute Gasteiger partial charge is 0.256 e. The van der Waals surface area contributed by atoms with Gasteiger partial charge in [-0.2, -0.15) is 0 Å². The molecule has 7 nitrogen and oxygen atoms in total. The summed E-state index contributed by atoms with van der Waals surface area (Å²) in [5, 5.41) is 2.93. The van der Waals surface area contributed by atoms with Gasteiger partial charge in [0.2, 0.25) is 5.91 Å². The van der Waals surface area contributed by atoms with Crippen LogP contribution in [0.2, 0.25) is 0 Å². The van der Waals surface area contributed by atoms with E-state index >= 15 is 0 Å². The fraction of sp³-hybridized carbons (Fsp3) is 0.417. The van der Waals surface area contributed by atoms with E-state index in [1.54, 1.807) is 39.5 Å². The Balaban J connectivity index is 1.90. The summed E-state index contributed by atoms with van der Waals surface area (Å²) in [5.41, 5.74) is 0.762. The Hall–Kier alpha value is -3.13. The van der Waals surface area contributed by atoms with Crippen molar-refractivity contribution in [1.29, 1.82) is 0 Å². The van der Waals surface area contributed by atoms with Crippen LogP contribution in [0.1, 0.15) is 28.3 Å². The molecule has 0 aliphatic carbocycles. The van der Waals surface area contributed by atoms with Crippen LogP contribution in [0.4, 0.5) is 4.39 Å². The highest BCUT2D eigenvalue weighted by Gasteiger charge is 2.42. The van der Waals surface area contributed by atoms with Gasteiger partial charge in [0.15, 0.2) is 0 Å². The normalized spacial score (nSPS) is 17.8. The summed E-state index contributed by atoms with van der Waals surface area (Å²) in [6.45, 7) is 1.43. The Bertz CT molecular complexity index is 952. The second-order valence-corrected chi connectivity index (χ2v) is 7.65. The standard InChI is InChI=1S/C24H29FN2O5/c1-30-12-6-11-26-23(28)20-15-27(24(29)17-7-4-5-8-21(17)25)14-19(20)18-13-16(31-2)9-10-22(18)32-3/h4-5,7-10,13,19-20H,6,11-12,14-15H2,1-3H3,(H,26,28)/t19-,20-/m1/s1. The largest absolute Gasteiger partial charge is 0.497 e. The topological polar surface area (TPSA) is 77.1 Å². The van der Waals surface area contributed by atoms with Crippen molar-refractivity contribution in [1.82, 2.24) is 10.2 Å². The number of halogens is 1.